The smallest absolute Gasteiger partial charge is 0.244 e. The van der Waals surface area contributed by atoms with Crippen LogP contribution >= 0.6 is 12.4 Å². The molecular formula is C19H30ClN3O2. The highest BCUT2D eigenvalue weighted by Crippen LogP contribution is 2.32. The third-order valence-corrected chi connectivity index (χ3v) is 4.68. The van der Waals surface area contributed by atoms with Crippen molar-refractivity contribution in [3.8, 4) is 0 Å². The zero-order chi connectivity index (χ0) is 17.9. The lowest BCUT2D eigenvalue weighted by Gasteiger charge is -2.25. The topological polar surface area (TPSA) is 75.4 Å². The summed E-state index contributed by atoms with van der Waals surface area (Å²) in [5, 5.41) is 2.82. The molecule has 140 valence electrons. The second-order valence-electron chi connectivity index (χ2n) is 7.70. The van der Waals surface area contributed by atoms with Gasteiger partial charge in [0.05, 0.1) is 0 Å². The first-order valence-corrected chi connectivity index (χ1v) is 8.58. The van der Waals surface area contributed by atoms with Gasteiger partial charge in [-0.1, -0.05) is 51.1 Å². The second kappa shape index (κ2) is 8.68. The third kappa shape index (κ3) is 5.19. The Morgan fingerprint density at radius 1 is 1.24 bits per heavy atom. The van der Waals surface area contributed by atoms with Crippen molar-refractivity contribution in [2.24, 2.45) is 17.1 Å². The number of halogens is 1. The minimum absolute atomic E-state index is 0. The van der Waals surface area contributed by atoms with E-state index in [0.29, 0.717) is 19.6 Å². The van der Waals surface area contributed by atoms with Crippen LogP contribution in [0.3, 0.4) is 0 Å². The molecule has 0 radical (unpaired) electrons. The fraction of sp³-hybridized carbons (Fsp3) is 0.579. The first-order valence-electron chi connectivity index (χ1n) is 8.58. The van der Waals surface area contributed by atoms with Gasteiger partial charge in [-0.25, -0.2) is 0 Å². The van der Waals surface area contributed by atoms with Gasteiger partial charge in [0.1, 0.15) is 6.04 Å². The molecule has 0 saturated carbocycles. The average Bonchev–Trinajstić information content (AvgIpc) is 2.98. The van der Waals surface area contributed by atoms with Gasteiger partial charge in [0, 0.05) is 24.4 Å². The van der Waals surface area contributed by atoms with E-state index in [2.05, 4.69) is 17.4 Å². The van der Waals surface area contributed by atoms with E-state index in [1.54, 1.807) is 6.92 Å². The molecule has 3 atom stereocenters. The Balaban J connectivity index is 0.00000312. The predicted octanol–water partition coefficient (Wildman–Crippen LogP) is 2.16. The molecule has 1 unspecified atom stereocenters. The molecule has 25 heavy (non-hydrogen) atoms. The number of nitrogens with two attached hydrogens (primary N) is 1. The maximum atomic E-state index is 12.7. The lowest BCUT2D eigenvalue weighted by atomic mass is 9.89. The van der Waals surface area contributed by atoms with Crippen LogP contribution in [0.5, 0.6) is 0 Å². The summed E-state index contributed by atoms with van der Waals surface area (Å²) in [5.74, 6) is 0.356. The van der Waals surface area contributed by atoms with Crippen LogP contribution in [-0.2, 0) is 9.59 Å². The van der Waals surface area contributed by atoms with Gasteiger partial charge in [-0.05, 0) is 24.9 Å². The number of hydrogen-bond donors (Lipinski definition) is 2. The van der Waals surface area contributed by atoms with Crippen molar-refractivity contribution in [1.29, 1.82) is 0 Å². The first kappa shape index (κ1) is 21.5. The summed E-state index contributed by atoms with van der Waals surface area (Å²) in [7, 11) is 0. The molecule has 1 aliphatic rings. The zero-order valence-corrected chi connectivity index (χ0v) is 16.3. The molecule has 2 amide bonds. The first-order chi connectivity index (χ1) is 11.2. The van der Waals surface area contributed by atoms with Crippen LogP contribution in [0.2, 0.25) is 0 Å². The molecule has 1 aromatic rings. The van der Waals surface area contributed by atoms with Crippen molar-refractivity contribution < 1.29 is 9.59 Å². The second-order valence-corrected chi connectivity index (χ2v) is 7.70. The molecule has 0 aromatic heterocycles. The lowest BCUT2D eigenvalue weighted by Crippen LogP contribution is -2.49. The number of amides is 2. The summed E-state index contributed by atoms with van der Waals surface area (Å²) >= 11 is 0. The van der Waals surface area contributed by atoms with Gasteiger partial charge in [0.2, 0.25) is 11.8 Å². The highest BCUT2D eigenvalue weighted by molar-refractivity contribution is 5.89. The molecule has 1 saturated heterocycles. The van der Waals surface area contributed by atoms with Crippen molar-refractivity contribution in [2.75, 3.05) is 19.6 Å². The zero-order valence-electron chi connectivity index (χ0n) is 15.5. The highest BCUT2D eigenvalue weighted by Gasteiger charge is 2.37. The number of nitrogens with one attached hydrogen (secondary N) is 1. The van der Waals surface area contributed by atoms with E-state index in [9.17, 15) is 9.59 Å². The van der Waals surface area contributed by atoms with E-state index < -0.39 is 11.5 Å². The predicted molar refractivity (Wildman–Crippen MR) is 103 cm³/mol. The Hall–Kier alpha value is -1.59. The van der Waals surface area contributed by atoms with E-state index in [0.717, 1.165) is 0 Å². The van der Waals surface area contributed by atoms with E-state index in [1.807, 2.05) is 43.9 Å². The monoisotopic (exact) mass is 367 g/mol. The number of carbonyl (C=O) groups excluding carboxylic acids is 2. The molecular weight excluding hydrogens is 338 g/mol. The summed E-state index contributed by atoms with van der Waals surface area (Å²) in [6.45, 7) is 9.11. The van der Waals surface area contributed by atoms with Crippen molar-refractivity contribution >= 4 is 24.2 Å². The van der Waals surface area contributed by atoms with Crippen LogP contribution in [0.25, 0.3) is 0 Å². The molecule has 2 rings (SSSR count). The number of carbonyl (C=O) groups is 2. The molecule has 1 fully saturated rings. The van der Waals surface area contributed by atoms with Crippen molar-refractivity contribution in [3.63, 3.8) is 0 Å². The van der Waals surface area contributed by atoms with Gasteiger partial charge in [0.15, 0.2) is 0 Å². The van der Waals surface area contributed by atoms with Gasteiger partial charge in [-0.15, -0.1) is 12.4 Å². The Bertz CT molecular complexity index is 586. The Morgan fingerprint density at radius 3 is 2.36 bits per heavy atom. The number of benzene rings is 1. The van der Waals surface area contributed by atoms with E-state index in [4.69, 9.17) is 5.73 Å². The minimum Gasteiger partial charge on any atom is -0.344 e. The van der Waals surface area contributed by atoms with Crippen molar-refractivity contribution in [1.82, 2.24) is 10.2 Å². The maximum Gasteiger partial charge on any atom is 0.244 e. The molecule has 1 aromatic carbocycles. The van der Waals surface area contributed by atoms with Crippen LogP contribution in [0.1, 0.15) is 39.2 Å². The average molecular weight is 368 g/mol. The van der Waals surface area contributed by atoms with Crippen LogP contribution in [-0.4, -0.2) is 42.4 Å². The molecule has 6 heteroatoms. The number of rotatable bonds is 4. The molecule has 1 heterocycles. The molecule has 1 aliphatic heterocycles. The summed E-state index contributed by atoms with van der Waals surface area (Å²) in [6, 6.07) is 9.67. The molecule has 0 spiro atoms. The van der Waals surface area contributed by atoms with Gasteiger partial charge in [-0.2, -0.15) is 0 Å². The number of likely N-dealkylation sites (tertiary alicyclic amines) is 1. The quantitative estimate of drug-likeness (QED) is 0.856. The lowest BCUT2D eigenvalue weighted by molar-refractivity contribution is -0.137. The summed E-state index contributed by atoms with van der Waals surface area (Å²) in [4.78, 5) is 26.7. The van der Waals surface area contributed by atoms with Crippen LogP contribution in [0, 0.1) is 11.3 Å². The number of hydrogen-bond acceptors (Lipinski definition) is 3. The van der Waals surface area contributed by atoms with Gasteiger partial charge >= 0.3 is 0 Å². The third-order valence-electron chi connectivity index (χ3n) is 4.68. The van der Waals surface area contributed by atoms with Crippen molar-refractivity contribution in [3.05, 3.63) is 35.9 Å². The maximum absolute atomic E-state index is 12.7. The summed E-state index contributed by atoms with van der Waals surface area (Å²) in [5.41, 5.74) is 6.64. The van der Waals surface area contributed by atoms with Gasteiger partial charge in [-0.3, -0.25) is 9.59 Å². The van der Waals surface area contributed by atoms with Gasteiger partial charge in [0.25, 0.3) is 0 Å². The largest absolute Gasteiger partial charge is 0.344 e. The Morgan fingerprint density at radius 2 is 1.84 bits per heavy atom. The van der Waals surface area contributed by atoms with Crippen LogP contribution < -0.4 is 11.1 Å². The summed E-state index contributed by atoms with van der Waals surface area (Å²) < 4.78 is 0. The fourth-order valence-corrected chi connectivity index (χ4v) is 3.12. The highest BCUT2D eigenvalue weighted by atomic mass is 35.5. The Kier molecular flexibility index (Phi) is 7.44. The SMILES string of the molecule is CC(NC(=O)C(C)(C)C)C(=O)N1C[C@@H](CN)[C@H](c2ccccc2)C1.Cl. The van der Waals surface area contributed by atoms with E-state index in [-0.39, 0.29) is 36.1 Å². The van der Waals surface area contributed by atoms with Crippen LogP contribution in [0.15, 0.2) is 30.3 Å². The normalized spacial score (nSPS) is 21.4. The Labute approximate surface area is 156 Å². The van der Waals surface area contributed by atoms with E-state index in [1.165, 1.54) is 5.56 Å². The van der Waals surface area contributed by atoms with Gasteiger partial charge < -0.3 is 16.0 Å². The molecule has 3 N–H and O–H groups in total. The molecule has 0 aliphatic carbocycles. The fourth-order valence-electron chi connectivity index (χ4n) is 3.12. The summed E-state index contributed by atoms with van der Waals surface area (Å²) in [6.07, 6.45) is 0. The molecule has 5 nitrogen and oxygen atoms in total. The number of nitrogens with zero attached hydrogens (tertiary/aromatic N) is 1. The minimum atomic E-state index is -0.523. The van der Waals surface area contributed by atoms with E-state index >= 15 is 0 Å². The standard InChI is InChI=1S/C19H29N3O2.ClH/c1-13(21-18(24)19(2,3)4)17(23)22-11-15(10-20)16(12-22)14-8-6-5-7-9-14;/h5-9,13,15-16H,10-12,20H2,1-4H3,(H,21,24);1H/t13?,15-,16+;/m1./s1. The van der Waals surface area contributed by atoms with Crippen LogP contribution in [0.4, 0.5) is 0 Å². The molecule has 0 bridgehead atoms. The van der Waals surface area contributed by atoms with Crippen molar-refractivity contribution in [2.45, 2.75) is 39.7 Å².